The molecule has 1 N–H and O–H groups in total. The molecule has 0 amide bonds. The first-order chi connectivity index (χ1) is 11.1. The van der Waals surface area contributed by atoms with Gasteiger partial charge in [-0.05, 0) is 30.0 Å². The molecule has 0 unspecified atom stereocenters. The van der Waals surface area contributed by atoms with Crippen molar-refractivity contribution < 1.29 is 14.3 Å². The average molecular weight is 317 g/mol. The van der Waals surface area contributed by atoms with E-state index in [0.29, 0.717) is 25.8 Å². The Labute approximate surface area is 136 Å². The molecule has 0 aromatic carbocycles. The number of anilines is 2. The quantitative estimate of drug-likeness (QED) is 0.841. The highest BCUT2D eigenvalue weighted by atomic mass is 16.5. The van der Waals surface area contributed by atoms with Crippen molar-refractivity contribution in [1.29, 1.82) is 0 Å². The summed E-state index contributed by atoms with van der Waals surface area (Å²) in [5, 5.41) is 3.26. The molecule has 2 aliphatic rings. The highest BCUT2D eigenvalue weighted by Gasteiger charge is 2.24. The lowest BCUT2D eigenvalue weighted by atomic mass is 10.1. The van der Waals surface area contributed by atoms with Gasteiger partial charge in [-0.2, -0.15) is 0 Å². The number of rotatable bonds is 5. The van der Waals surface area contributed by atoms with E-state index in [2.05, 4.69) is 11.4 Å². The fourth-order valence-corrected chi connectivity index (χ4v) is 2.61. The maximum absolute atomic E-state index is 12.0. The third-order valence-electron chi connectivity index (χ3n) is 3.82. The summed E-state index contributed by atoms with van der Waals surface area (Å²) < 4.78 is 10.6. The molecule has 0 spiro atoms. The molecule has 0 atom stereocenters. The highest BCUT2D eigenvalue weighted by molar-refractivity contribution is 5.81. The number of ether oxygens (including phenoxy) is 2. The molecule has 0 fully saturated rings. The van der Waals surface area contributed by atoms with Crippen molar-refractivity contribution in [1.82, 2.24) is 4.98 Å². The zero-order valence-corrected chi connectivity index (χ0v) is 13.7. The second-order valence-corrected chi connectivity index (χ2v) is 6.23. The van der Waals surface area contributed by atoms with Crippen LogP contribution in [0.15, 0.2) is 18.2 Å². The van der Waals surface area contributed by atoms with Crippen molar-refractivity contribution in [2.75, 3.05) is 43.3 Å². The van der Waals surface area contributed by atoms with Gasteiger partial charge in [0.15, 0.2) is 5.82 Å². The van der Waals surface area contributed by atoms with Gasteiger partial charge in [0.1, 0.15) is 6.54 Å². The Balaban J connectivity index is 1.71. The van der Waals surface area contributed by atoms with Crippen LogP contribution in [0.4, 0.5) is 11.5 Å². The Bertz CT molecular complexity index is 613. The predicted octanol–water partition coefficient (Wildman–Crippen LogP) is 2.27. The van der Waals surface area contributed by atoms with Crippen molar-refractivity contribution in [2.45, 2.75) is 20.3 Å². The van der Waals surface area contributed by atoms with E-state index in [9.17, 15) is 4.79 Å². The number of fused-ring (bicyclic) bond motifs is 1. The summed E-state index contributed by atoms with van der Waals surface area (Å²) in [5.41, 5.74) is 3.11. The van der Waals surface area contributed by atoms with Crippen molar-refractivity contribution in [3.05, 3.63) is 23.9 Å². The molecule has 0 bridgehead atoms. The molecule has 0 saturated heterocycles. The van der Waals surface area contributed by atoms with Gasteiger partial charge in [-0.15, -0.1) is 0 Å². The summed E-state index contributed by atoms with van der Waals surface area (Å²) in [4.78, 5) is 18.6. The van der Waals surface area contributed by atoms with Gasteiger partial charge >= 0.3 is 5.97 Å². The molecule has 3 heterocycles. The van der Waals surface area contributed by atoms with Gasteiger partial charge in [0.25, 0.3) is 0 Å². The first-order valence-corrected chi connectivity index (χ1v) is 8.06. The van der Waals surface area contributed by atoms with Crippen LogP contribution >= 0.6 is 0 Å². The van der Waals surface area contributed by atoms with E-state index < -0.39 is 0 Å². The molecule has 3 rings (SSSR count). The Morgan fingerprint density at radius 3 is 3.09 bits per heavy atom. The van der Waals surface area contributed by atoms with E-state index in [1.807, 2.05) is 30.9 Å². The number of hydrogen-bond donors (Lipinski definition) is 1. The smallest absolute Gasteiger partial charge is 0.325 e. The first-order valence-electron chi connectivity index (χ1n) is 8.06. The minimum absolute atomic E-state index is 0.214. The van der Waals surface area contributed by atoms with Crippen LogP contribution in [0.2, 0.25) is 0 Å². The summed E-state index contributed by atoms with van der Waals surface area (Å²) in [5.74, 6) is 0.940. The standard InChI is InChI=1S/C17H23N3O3/c1-12(2)10-23-16(21)9-20-11-18-15-4-3-14(19-17(15)20)13-5-7-22-8-6-13/h3-5,12,18H,6-11H2,1-2H3. The summed E-state index contributed by atoms with van der Waals surface area (Å²) in [6.45, 7) is 6.65. The van der Waals surface area contributed by atoms with Crippen molar-refractivity contribution in [3.63, 3.8) is 0 Å². The van der Waals surface area contributed by atoms with Crippen LogP contribution in [-0.4, -0.2) is 44.0 Å². The summed E-state index contributed by atoms with van der Waals surface area (Å²) in [7, 11) is 0. The molecule has 0 aliphatic carbocycles. The molecule has 1 aromatic heterocycles. The molecular weight excluding hydrogens is 294 g/mol. The number of esters is 1. The predicted molar refractivity (Wildman–Crippen MR) is 89.3 cm³/mol. The maximum atomic E-state index is 12.0. The van der Waals surface area contributed by atoms with Crippen molar-refractivity contribution in [3.8, 4) is 0 Å². The van der Waals surface area contributed by atoms with Crippen LogP contribution in [0.1, 0.15) is 26.0 Å². The third kappa shape index (κ3) is 3.82. The van der Waals surface area contributed by atoms with Gasteiger partial charge in [-0.25, -0.2) is 4.98 Å². The first kappa shape index (κ1) is 15.8. The zero-order valence-electron chi connectivity index (χ0n) is 13.7. The molecule has 1 aromatic rings. The molecular formula is C17H23N3O3. The van der Waals surface area contributed by atoms with Crippen molar-refractivity contribution >= 4 is 23.0 Å². The molecule has 6 nitrogen and oxygen atoms in total. The maximum Gasteiger partial charge on any atom is 0.325 e. The SMILES string of the molecule is CC(C)COC(=O)CN1CNc2ccc(C3=CCOCC3)nc21. The zero-order chi connectivity index (χ0) is 16.2. The molecule has 23 heavy (non-hydrogen) atoms. The number of pyridine rings is 1. The summed E-state index contributed by atoms with van der Waals surface area (Å²) >= 11 is 0. The molecule has 6 heteroatoms. The topological polar surface area (TPSA) is 63.7 Å². The van der Waals surface area contributed by atoms with Crippen LogP contribution in [0.5, 0.6) is 0 Å². The molecule has 2 aliphatic heterocycles. The van der Waals surface area contributed by atoms with Crippen molar-refractivity contribution in [2.24, 2.45) is 5.92 Å². The Morgan fingerprint density at radius 1 is 1.48 bits per heavy atom. The van der Waals surface area contributed by atoms with E-state index in [1.54, 1.807) is 0 Å². The van der Waals surface area contributed by atoms with Gasteiger partial charge in [0.05, 0.1) is 37.9 Å². The number of nitrogens with one attached hydrogen (secondary N) is 1. The summed E-state index contributed by atoms with van der Waals surface area (Å²) in [6, 6.07) is 4.04. The number of carbonyl (C=O) groups excluding carboxylic acids is 1. The van der Waals surface area contributed by atoms with Gasteiger partial charge in [0.2, 0.25) is 0 Å². The second kappa shape index (κ2) is 7.00. The van der Waals surface area contributed by atoms with E-state index in [1.165, 1.54) is 5.57 Å². The van der Waals surface area contributed by atoms with Gasteiger partial charge in [-0.1, -0.05) is 19.9 Å². The normalized spacial score (nSPS) is 16.8. The molecule has 0 saturated carbocycles. The Kier molecular flexibility index (Phi) is 4.81. The molecule has 0 radical (unpaired) electrons. The largest absolute Gasteiger partial charge is 0.464 e. The van der Waals surface area contributed by atoms with Gasteiger partial charge < -0.3 is 19.7 Å². The van der Waals surface area contributed by atoms with Gasteiger partial charge in [0, 0.05) is 0 Å². The molecule has 124 valence electrons. The van der Waals surface area contributed by atoms with E-state index >= 15 is 0 Å². The van der Waals surface area contributed by atoms with Crippen LogP contribution < -0.4 is 10.2 Å². The lowest BCUT2D eigenvalue weighted by molar-refractivity contribution is -0.143. The van der Waals surface area contributed by atoms with E-state index in [4.69, 9.17) is 14.5 Å². The minimum atomic E-state index is -0.217. The fraction of sp³-hybridized carbons (Fsp3) is 0.529. The number of nitrogens with zero attached hydrogens (tertiary/aromatic N) is 2. The highest BCUT2D eigenvalue weighted by Crippen LogP contribution is 2.31. The lowest BCUT2D eigenvalue weighted by Crippen LogP contribution is -2.31. The lowest BCUT2D eigenvalue weighted by Gasteiger charge is -2.18. The second-order valence-electron chi connectivity index (χ2n) is 6.23. The van der Waals surface area contributed by atoms with E-state index in [-0.39, 0.29) is 12.5 Å². The average Bonchev–Trinajstić information content (AvgIpc) is 2.96. The van der Waals surface area contributed by atoms with Gasteiger partial charge in [-0.3, -0.25) is 4.79 Å². The number of aromatic nitrogens is 1. The monoisotopic (exact) mass is 317 g/mol. The van der Waals surface area contributed by atoms with Crippen LogP contribution in [0.25, 0.3) is 5.57 Å². The number of hydrogen-bond acceptors (Lipinski definition) is 6. The number of carbonyl (C=O) groups is 1. The van der Waals surface area contributed by atoms with Crippen LogP contribution in [0, 0.1) is 5.92 Å². The summed E-state index contributed by atoms with van der Waals surface area (Å²) in [6.07, 6.45) is 2.94. The van der Waals surface area contributed by atoms with Crippen LogP contribution in [-0.2, 0) is 14.3 Å². The Hall–Kier alpha value is -2.08. The third-order valence-corrected chi connectivity index (χ3v) is 3.82. The Morgan fingerprint density at radius 2 is 2.35 bits per heavy atom. The fourth-order valence-electron chi connectivity index (χ4n) is 2.61. The minimum Gasteiger partial charge on any atom is -0.464 e. The van der Waals surface area contributed by atoms with Crippen LogP contribution in [0.3, 0.4) is 0 Å². The van der Waals surface area contributed by atoms with E-state index in [0.717, 1.165) is 30.2 Å².